The number of oxazole rings is 1. The number of benzene rings is 2. The zero-order valence-corrected chi connectivity index (χ0v) is 20.2. The van der Waals surface area contributed by atoms with Crippen LogP contribution in [0.15, 0.2) is 52.9 Å². The van der Waals surface area contributed by atoms with Crippen molar-refractivity contribution in [1.29, 1.82) is 0 Å². The Kier molecular flexibility index (Phi) is 6.59. The number of ether oxygens (including phenoxy) is 2. The fourth-order valence-corrected chi connectivity index (χ4v) is 5.06. The molecule has 1 aliphatic rings. The van der Waals surface area contributed by atoms with E-state index in [1.165, 1.54) is 18.2 Å². The Morgan fingerprint density at radius 2 is 1.97 bits per heavy atom. The SMILES string of the molecule is CC[C@H](C(=O)OC)C1CC(C)(C)c2cc(OCCc3nc(-c4ccccc4)oc3C)ccc21. The van der Waals surface area contributed by atoms with Crippen LogP contribution in [0.1, 0.15) is 62.1 Å². The van der Waals surface area contributed by atoms with Crippen LogP contribution in [-0.2, 0) is 21.4 Å². The van der Waals surface area contributed by atoms with Gasteiger partial charge in [-0.15, -0.1) is 0 Å². The van der Waals surface area contributed by atoms with Crippen LogP contribution in [0.2, 0.25) is 0 Å². The molecule has 0 N–H and O–H groups in total. The van der Waals surface area contributed by atoms with Crippen LogP contribution in [0.25, 0.3) is 11.5 Å². The minimum atomic E-state index is -0.121. The van der Waals surface area contributed by atoms with Gasteiger partial charge >= 0.3 is 5.97 Å². The van der Waals surface area contributed by atoms with Crippen molar-refractivity contribution in [3.63, 3.8) is 0 Å². The fraction of sp³-hybridized carbons (Fsp3) is 0.429. The topological polar surface area (TPSA) is 61.6 Å². The van der Waals surface area contributed by atoms with Crippen LogP contribution in [0.4, 0.5) is 0 Å². The molecule has 0 fully saturated rings. The second kappa shape index (κ2) is 9.42. The van der Waals surface area contributed by atoms with Gasteiger partial charge in [0, 0.05) is 12.0 Å². The average Bonchev–Trinajstić information content (AvgIpc) is 3.31. The van der Waals surface area contributed by atoms with Crippen LogP contribution in [0.5, 0.6) is 5.75 Å². The molecule has 2 atom stereocenters. The van der Waals surface area contributed by atoms with E-state index in [-0.39, 0.29) is 23.2 Å². The molecule has 0 saturated carbocycles. The number of fused-ring (bicyclic) bond motifs is 1. The number of aryl methyl sites for hydroxylation is 1. The standard InChI is InChI=1S/C28H33NO4/c1-6-21(27(30)31-5)23-17-28(3,4)24-16-20(12-13-22(23)24)32-15-14-25-18(2)33-26(29-25)19-10-8-7-9-11-19/h7-13,16,21,23H,6,14-15,17H2,1-5H3/t21-,23?/m0/s1. The van der Waals surface area contributed by atoms with E-state index in [0.717, 1.165) is 35.6 Å². The van der Waals surface area contributed by atoms with Gasteiger partial charge in [0.25, 0.3) is 0 Å². The summed E-state index contributed by atoms with van der Waals surface area (Å²) < 4.78 is 17.1. The monoisotopic (exact) mass is 447 g/mol. The number of hydrogen-bond donors (Lipinski definition) is 0. The highest BCUT2D eigenvalue weighted by atomic mass is 16.5. The zero-order chi connectivity index (χ0) is 23.6. The van der Waals surface area contributed by atoms with Crippen LogP contribution in [0.3, 0.4) is 0 Å². The van der Waals surface area contributed by atoms with Gasteiger partial charge in [-0.25, -0.2) is 4.98 Å². The van der Waals surface area contributed by atoms with Gasteiger partial charge < -0.3 is 13.9 Å². The van der Waals surface area contributed by atoms with Crippen molar-refractivity contribution in [2.75, 3.05) is 13.7 Å². The highest BCUT2D eigenvalue weighted by molar-refractivity contribution is 5.74. The summed E-state index contributed by atoms with van der Waals surface area (Å²) in [5.74, 6) is 2.25. The number of carbonyl (C=O) groups is 1. The number of hydrogen-bond acceptors (Lipinski definition) is 5. The molecule has 1 aromatic heterocycles. The maximum atomic E-state index is 12.4. The molecule has 0 aliphatic heterocycles. The molecule has 0 amide bonds. The van der Waals surface area contributed by atoms with Gasteiger partial charge in [0.05, 0.1) is 25.3 Å². The first-order valence-electron chi connectivity index (χ1n) is 11.7. The van der Waals surface area contributed by atoms with Crippen molar-refractivity contribution in [1.82, 2.24) is 4.98 Å². The largest absolute Gasteiger partial charge is 0.493 e. The molecule has 5 heteroatoms. The first-order chi connectivity index (χ1) is 15.8. The van der Waals surface area contributed by atoms with Gasteiger partial charge in [0.1, 0.15) is 11.5 Å². The van der Waals surface area contributed by atoms with E-state index < -0.39 is 0 Å². The fourth-order valence-electron chi connectivity index (χ4n) is 5.06. The van der Waals surface area contributed by atoms with Gasteiger partial charge in [0.15, 0.2) is 0 Å². The molecule has 1 heterocycles. The van der Waals surface area contributed by atoms with Gasteiger partial charge in [0.2, 0.25) is 5.89 Å². The lowest BCUT2D eigenvalue weighted by molar-refractivity contribution is -0.146. The minimum Gasteiger partial charge on any atom is -0.493 e. The number of nitrogens with zero attached hydrogens (tertiary/aromatic N) is 1. The van der Waals surface area contributed by atoms with E-state index in [1.807, 2.05) is 43.3 Å². The Balaban J connectivity index is 1.46. The van der Waals surface area contributed by atoms with Gasteiger partial charge in [-0.1, -0.05) is 45.0 Å². The first-order valence-corrected chi connectivity index (χ1v) is 11.7. The molecule has 0 bridgehead atoms. The Labute approximate surface area is 196 Å². The molecular formula is C28H33NO4. The molecule has 4 rings (SSSR count). The molecule has 0 saturated heterocycles. The normalized spacial score (nSPS) is 17.4. The zero-order valence-electron chi connectivity index (χ0n) is 20.2. The van der Waals surface area contributed by atoms with Crippen molar-refractivity contribution in [2.24, 2.45) is 5.92 Å². The molecule has 1 unspecified atom stereocenters. The number of rotatable bonds is 8. The smallest absolute Gasteiger partial charge is 0.309 e. The lowest BCUT2D eigenvalue weighted by atomic mass is 9.82. The summed E-state index contributed by atoms with van der Waals surface area (Å²) in [6.45, 7) is 8.99. The van der Waals surface area contributed by atoms with Crippen molar-refractivity contribution in [3.05, 3.63) is 71.1 Å². The van der Waals surface area contributed by atoms with E-state index in [9.17, 15) is 4.79 Å². The summed E-state index contributed by atoms with van der Waals surface area (Å²) in [5.41, 5.74) is 4.37. The maximum Gasteiger partial charge on any atom is 0.309 e. The van der Waals surface area contributed by atoms with Crippen molar-refractivity contribution in [2.45, 2.75) is 58.3 Å². The second-order valence-electron chi connectivity index (χ2n) is 9.47. The van der Waals surface area contributed by atoms with E-state index in [0.29, 0.717) is 18.9 Å². The number of carbonyl (C=O) groups excluding carboxylic acids is 1. The summed E-state index contributed by atoms with van der Waals surface area (Å²) in [6, 6.07) is 16.2. The average molecular weight is 448 g/mol. The van der Waals surface area contributed by atoms with Gasteiger partial charge in [-0.3, -0.25) is 4.79 Å². The molecule has 0 spiro atoms. The third-order valence-corrected chi connectivity index (χ3v) is 6.83. The Bertz CT molecular complexity index is 1120. The molecule has 174 valence electrons. The predicted molar refractivity (Wildman–Crippen MR) is 128 cm³/mol. The van der Waals surface area contributed by atoms with Gasteiger partial charge in [-0.05, 0) is 66.5 Å². The molecular weight excluding hydrogens is 414 g/mol. The second-order valence-corrected chi connectivity index (χ2v) is 9.47. The molecule has 1 aliphatic carbocycles. The number of esters is 1. The lowest BCUT2D eigenvalue weighted by Gasteiger charge is -2.23. The van der Waals surface area contributed by atoms with Crippen LogP contribution < -0.4 is 4.74 Å². The summed E-state index contributed by atoms with van der Waals surface area (Å²) in [4.78, 5) is 17.0. The quantitative estimate of drug-likeness (QED) is 0.383. The van der Waals surface area contributed by atoms with E-state index >= 15 is 0 Å². The molecule has 3 aromatic rings. The minimum absolute atomic E-state index is 0.0197. The molecule has 33 heavy (non-hydrogen) atoms. The lowest BCUT2D eigenvalue weighted by Crippen LogP contribution is -2.23. The molecule has 5 nitrogen and oxygen atoms in total. The Hall–Kier alpha value is -3.08. The number of methoxy groups -OCH3 is 1. The first kappa shape index (κ1) is 23.1. The van der Waals surface area contributed by atoms with Gasteiger partial charge in [-0.2, -0.15) is 0 Å². The molecule has 0 radical (unpaired) electrons. The third-order valence-electron chi connectivity index (χ3n) is 6.83. The Morgan fingerprint density at radius 3 is 2.67 bits per heavy atom. The van der Waals surface area contributed by atoms with Crippen LogP contribution >= 0.6 is 0 Å². The van der Waals surface area contributed by atoms with E-state index in [2.05, 4.69) is 37.9 Å². The highest BCUT2D eigenvalue weighted by Crippen LogP contribution is 2.50. The van der Waals surface area contributed by atoms with Crippen molar-refractivity contribution >= 4 is 5.97 Å². The summed E-state index contributed by atoms with van der Waals surface area (Å²) in [6.07, 6.45) is 2.37. The highest BCUT2D eigenvalue weighted by Gasteiger charge is 2.42. The van der Waals surface area contributed by atoms with Crippen molar-refractivity contribution in [3.8, 4) is 17.2 Å². The van der Waals surface area contributed by atoms with Crippen LogP contribution in [-0.4, -0.2) is 24.7 Å². The molecule has 2 aromatic carbocycles. The predicted octanol–water partition coefficient (Wildman–Crippen LogP) is 6.24. The summed E-state index contributed by atoms with van der Waals surface area (Å²) in [5, 5.41) is 0. The Morgan fingerprint density at radius 1 is 1.21 bits per heavy atom. The van der Waals surface area contributed by atoms with Crippen molar-refractivity contribution < 1.29 is 18.7 Å². The summed E-state index contributed by atoms with van der Waals surface area (Å²) >= 11 is 0. The van der Waals surface area contributed by atoms with E-state index in [4.69, 9.17) is 13.9 Å². The maximum absolute atomic E-state index is 12.4. The third kappa shape index (κ3) is 4.68. The number of aromatic nitrogens is 1. The summed E-state index contributed by atoms with van der Waals surface area (Å²) in [7, 11) is 1.47. The van der Waals surface area contributed by atoms with Crippen LogP contribution in [0, 0.1) is 12.8 Å². The van der Waals surface area contributed by atoms with E-state index in [1.54, 1.807) is 0 Å².